The molecule has 3 rings (SSSR count). The summed E-state index contributed by atoms with van der Waals surface area (Å²) in [6, 6.07) is 7.31. The Morgan fingerprint density at radius 1 is 1.21 bits per heavy atom. The van der Waals surface area contributed by atoms with E-state index in [2.05, 4.69) is 44.3 Å². The van der Waals surface area contributed by atoms with Crippen LogP contribution < -0.4 is 5.32 Å². The van der Waals surface area contributed by atoms with E-state index in [4.69, 9.17) is 0 Å². The van der Waals surface area contributed by atoms with Gasteiger partial charge in [-0.15, -0.1) is 0 Å². The first kappa shape index (κ1) is 13.2. The summed E-state index contributed by atoms with van der Waals surface area (Å²) in [6.45, 7) is 7.93. The molecule has 0 aromatic heterocycles. The summed E-state index contributed by atoms with van der Waals surface area (Å²) in [4.78, 5) is 0. The molecule has 1 heteroatoms. The maximum Gasteiger partial charge on any atom is 0.0294 e. The minimum absolute atomic E-state index is 0.486. The Hall–Kier alpha value is -0.820. The summed E-state index contributed by atoms with van der Waals surface area (Å²) < 4.78 is 0. The summed E-state index contributed by atoms with van der Waals surface area (Å²) >= 11 is 0. The number of nitrogens with one attached hydrogen (secondary N) is 1. The van der Waals surface area contributed by atoms with Gasteiger partial charge in [0.2, 0.25) is 0 Å². The lowest BCUT2D eigenvalue weighted by atomic mass is 9.88. The number of aryl methyl sites for hydroxylation is 2. The molecule has 1 N–H and O–H groups in total. The van der Waals surface area contributed by atoms with Crippen molar-refractivity contribution in [3.63, 3.8) is 0 Å². The van der Waals surface area contributed by atoms with Gasteiger partial charge in [-0.3, -0.25) is 0 Å². The van der Waals surface area contributed by atoms with Crippen LogP contribution in [0.3, 0.4) is 0 Å². The molecule has 104 valence electrons. The van der Waals surface area contributed by atoms with Crippen molar-refractivity contribution >= 4 is 0 Å². The highest BCUT2D eigenvalue weighted by molar-refractivity contribution is 5.32. The molecule has 2 aliphatic rings. The van der Waals surface area contributed by atoms with Gasteiger partial charge in [-0.2, -0.15) is 0 Å². The summed E-state index contributed by atoms with van der Waals surface area (Å²) in [5.74, 6) is 3.05. The molecule has 2 saturated carbocycles. The first-order chi connectivity index (χ1) is 9.13. The van der Waals surface area contributed by atoms with E-state index >= 15 is 0 Å². The molecular formula is C18H27N. The Kier molecular flexibility index (Phi) is 3.66. The van der Waals surface area contributed by atoms with Crippen LogP contribution in [-0.4, -0.2) is 6.54 Å². The minimum atomic E-state index is 0.486. The third-order valence-electron chi connectivity index (χ3n) is 5.46. The molecule has 19 heavy (non-hydrogen) atoms. The average molecular weight is 257 g/mol. The second-order valence-corrected chi connectivity index (χ2v) is 6.92. The van der Waals surface area contributed by atoms with Crippen molar-refractivity contribution in [2.24, 2.45) is 17.8 Å². The van der Waals surface area contributed by atoms with Gasteiger partial charge in [-0.1, -0.05) is 30.2 Å². The standard InChI is InChI=1S/C18H27N/c1-12-4-7-18(13(2)8-12)14(3)19-11-17-10-15-5-6-16(17)9-15/h4,7-8,14-17,19H,5-6,9-11H2,1-3H3. The molecule has 0 radical (unpaired) electrons. The molecule has 4 unspecified atom stereocenters. The minimum Gasteiger partial charge on any atom is -0.310 e. The van der Waals surface area contributed by atoms with Crippen molar-refractivity contribution in [1.29, 1.82) is 0 Å². The van der Waals surface area contributed by atoms with Gasteiger partial charge in [-0.25, -0.2) is 0 Å². The van der Waals surface area contributed by atoms with Gasteiger partial charge in [0.15, 0.2) is 0 Å². The molecule has 2 bridgehead atoms. The van der Waals surface area contributed by atoms with Crippen molar-refractivity contribution in [3.05, 3.63) is 34.9 Å². The molecule has 1 aromatic carbocycles. The quantitative estimate of drug-likeness (QED) is 0.843. The smallest absolute Gasteiger partial charge is 0.0294 e. The summed E-state index contributed by atoms with van der Waals surface area (Å²) in [5.41, 5.74) is 4.25. The van der Waals surface area contributed by atoms with E-state index in [1.807, 2.05) is 0 Å². The Bertz CT molecular complexity index is 451. The molecular weight excluding hydrogens is 230 g/mol. The third-order valence-corrected chi connectivity index (χ3v) is 5.46. The maximum atomic E-state index is 3.79. The molecule has 1 nitrogen and oxygen atoms in total. The molecule has 0 amide bonds. The van der Waals surface area contributed by atoms with Crippen LogP contribution in [0.1, 0.15) is 55.3 Å². The Balaban J connectivity index is 1.57. The Morgan fingerprint density at radius 2 is 2.05 bits per heavy atom. The third kappa shape index (κ3) is 2.72. The number of hydrogen-bond acceptors (Lipinski definition) is 1. The van der Waals surface area contributed by atoms with E-state index in [1.165, 1.54) is 48.9 Å². The van der Waals surface area contributed by atoms with Crippen molar-refractivity contribution < 1.29 is 0 Å². The number of benzene rings is 1. The van der Waals surface area contributed by atoms with E-state index in [9.17, 15) is 0 Å². The molecule has 0 spiro atoms. The molecule has 4 atom stereocenters. The van der Waals surface area contributed by atoms with Gasteiger partial charge >= 0.3 is 0 Å². The first-order valence-electron chi connectivity index (χ1n) is 7.94. The molecule has 0 saturated heterocycles. The average Bonchev–Trinajstić information content (AvgIpc) is 2.98. The van der Waals surface area contributed by atoms with Gasteiger partial charge in [-0.05, 0) is 75.5 Å². The molecule has 2 fully saturated rings. The predicted octanol–water partition coefficient (Wildman–Crippen LogP) is 4.39. The lowest BCUT2D eigenvalue weighted by Crippen LogP contribution is -2.29. The van der Waals surface area contributed by atoms with Crippen LogP contribution >= 0.6 is 0 Å². The molecule has 0 aliphatic heterocycles. The van der Waals surface area contributed by atoms with Crippen LogP contribution in [-0.2, 0) is 0 Å². The maximum absolute atomic E-state index is 3.79. The molecule has 0 heterocycles. The summed E-state index contributed by atoms with van der Waals surface area (Å²) in [7, 11) is 0. The highest BCUT2D eigenvalue weighted by Crippen LogP contribution is 2.48. The number of hydrogen-bond donors (Lipinski definition) is 1. The largest absolute Gasteiger partial charge is 0.310 e. The van der Waals surface area contributed by atoms with Crippen molar-refractivity contribution in [2.45, 2.75) is 52.5 Å². The topological polar surface area (TPSA) is 12.0 Å². The fourth-order valence-electron chi connectivity index (χ4n) is 4.38. The molecule has 1 aromatic rings. The first-order valence-corrected chi connectivity index (χ1v) is 7.94. The Labute approximate surface area is 117 Å². The van der Waals surface area contributed by atoms with E-state index in [1.54, 1.807) is 0 Å². The zero-order chi connectivity index (χ0) is 13.4. The van der Waals surface area contributed by atoms with E-state index in [0.717, 1.165) is 17.8 Å². The normalized spacial score (nSPS) is 30.8. The van der Waals surface area contributed by atoms with Crippen LogP contribution in [0.25, 0.3) is 0 Å². The van der Waals surface area contributed by atoms with Crippen molar-refractivity contribution in [1.82, 2.24) is 5.32 Å². The van der Waals surface area contributed by atoms with Crippen LogP contribution in [0.2, 0.25) is 0 Å². The predicted molar refractivity (Wildman–Crippen MR) is 81.3 cm³/mol. The van der Waals surface area contributed by atoms with Crippen molar-refractivity contribution in [3.8, 4) is 0 Å². The number of fused-ring (bicyclic) bond motifs is 2. The second kappa shape index (κ2) is 5.28. The monoisotopic (exact) mass is 257 g/mol. The summed E-state index contributed by atoms with van der Waals surface area (Å²) in [5, 5.41) is 3.79. The van der Waals surface area contributed by atoms with Gasteiger partial charge in [0.25, 0.3) is 0 Å². The van der Waals surface area contributed by atoms with Gasteiger partial charge in [0.05, 0.1) is 0 Å². The SMILES string of the molecule is Cc1ccc(C(C)NCC2CC3CCC2C3)c(C)c1. The Morgan fingerprint density at radius 3 is 2.68 bits per heavy atom. The zero-order valence-electron chi connectivity index (χ0n) is 12.6. The second-order valence-electron chi connectivity index (χ2n) is 6.92. The zero-order valence-corrected chi connectivity index (χ0v) is 12.6. The summed E-state index contributed by atoms with van der Waals surface area (Å²) in [6.07, 6.45) is 6.00. The number of rotatable bonds is 4. The molecule has 2 aliphatic carbocycles. The van der Waals surface area contributed by atoms with E-state index in [0.29, 0.717) is 6.04 Å². The van der Waals surface area contributed by atoms with Gasteiger partial charge in [0, 0.05) is 6.04 Å². The van der Waals surface area contributed by atoms with Crippen LogP contribution in [0, 0.1) is 31.6 Å². The fourth-order valence-corrected chi connectivity index (χ4v) is 4.38. The van der Waals surface area contributed by atoms with E-state index in [-0.39, 0.29) is 0 Å². The van der Waals surface area contributed by atoms with Crippen LogP contribution in [0.15, 0.2) is 18.2 Å². The van der Waals surface area contributed by atoms with Crippen molar-refractivity contribution in [2.75, 3.05) is 6.54 Å². The van der Waals surface area contributed by atoms with Gasteiger partial charge < -0.3 is 5.32 Å². The van der Waals surface area contributed by atoms with Crippen LogP contribution in [0.4, 0.5) is 0 Å². The highest BCUT2D eigenvalue weighted by atomic mass is 14.9. The van der Waals surface area contributed by atoms with Crippen LogP contribution in [0.5, 0.6) is 0 Å². The van der Waals surface area contributed by atoms with Gasteiger partial charge in [0.1, 0.15) is 0 Å². The lowest BCUT2D eigenvalue weighted by Gasteiger charge is -2.25. The van der Waals surface area contributed by atoms with E-state index < -0.39 is 0 Å². The highest BCUT2D eigenvalue weighted by Gasteiger charge is 2.39. The lowest BCUT2D eigenvalue weighted by molar-refractivity contribution is 0.309. The fraction of sp³-hybridized carbons (Fsp3) is 0.667.